The SMILES string of the molecule is Cc1cc(Nc2ccccc2)nc(Nc2ccc(N3CCOCC3)cc2)n1. The molecule has 6 heteroatoms. The van der Waals surface area contributed by atoms with E-state index < -0.39 is 0 Å². The molecule has 27 heavy (non-hydrogen) atoms. The molecule has 1 aliphatic heterocycles. The second-order valence-corrected chi connectivity index (χ2v) is 6.48. The molecular weight excluding hydrogens is 338 g/mol. The van der Waals surface area contributed by atoms with Crippen molar-refractivity contribution in [2.75, 3.05) is 41.8 Å². The first-order valence-corrected chi connectivity index (χ1v) is 9.14. The van der Waals surface area contributed by atoms with Crippen molar-refractivity contribution < 1.29 is 4.74 Å². The molecule has 0 amide bonds. The fraction of sp³-hybridized carbons (Fsp3) is 0.238. The van der Waals surface area contributed by atoms with Gasteiger partial charge >= 0.3 is 0 Å². The number of anilines is 5. The van der Waals surface area contributed by atoms with Crippen LogP contribution in [0.2, 0.25) is 0 Å². The van der Waals surface area contributed by atoms with E-state index in [2.05, 4.69) is 49.8 Å². The van der Waals surface area contributed by atoms with E-state index in [4.69, 9.17) is 4.74 Å². The summed E-state index contributed by atoms with van der Waals surface area (Å²) < 4.78 is 5.41. The summed E-state index contributed by atoms with van der Waals surface area (Å²) in [6.45, 7) is 5.40. The molecule has 3 aromatic rings. The van der Waals surface area contributed by atoms with Crippen molar-refractivity contribution in [2.45, 2.75) is 6.92 Å². The van der Waals surface area contributed by atoms with Crippen LogP contribution >= 0.6 is 0 Å². The van der Waals surface area contributed by atoms with Gasteiger partial charge in [0.05, 0.1) is 13.2 Å². The Labute approximate surface area is 159 Å². The van der Waals surface area contributed by atoms with Crippen LogP contribution in [0.4, 0.5) is 28.8 Å². The van der Waals surface area contributed by atoms with Gasteiger partial charge in [-0.15, -0.1) is 0 Å². The summed E-state index contributed by atoms with van der Waals surface area (Å²) in [6.07, 6.45) is 0. The number of aryl methyl sites for hydroxylation is 1. The van der Waals surface area contributed by atoms with Crippen molar-refractivity contribution in [3.63, 3.8) is 0 Å². The Bertz CT molecular complexity index is 877. The van der Waals surface area contributed by atoms with Gasteiger partial charge in [-0.2, -0.15) is 4.98 Å². The van der Waals surface area contributed by atoms with E-state index in [1.807, 2.05) is 43.3 Å². The first-order valence-electron chi connectivity index (χ1n) is 9.14. The number of nitrogens with one attached hydrogen (secondary N) is 2. The maximum Gasteiger partial charge on any atom is 0.229 e. The Morgan fingerprint density at radius 1 is 0.852 bits per heavy atom. The second kappa shape index (κ2) is 8.05. The minimum absolute atomic E-state index is 0.576. The predicted molar refractivity (Wildman–Crippen MR) is 109 cm³/mol. The van der Waals surface area contributed by atoms with Gasteiger partial charge in [-0.3, -0.25) is 0 Å². The second-order valence-electron chi connectivity index (χ2n) is 6.48. The lowest BCUT2D eigenvalue weighted by molar-refractivity contribution is 0.122. The first-order chi connectivity index (χ1) is 13.3. The molecule has 1 fully saturated rings. The highest BCUT2D eigenvalue weighted by Gasteiger charge is 2.11. The molecule has 2 N–H and O–H groups in total. The Kier molecular flexibility index (Phi) is 5.16. The minimum atomic E-state index is 0.576. The van der Waals surface area contributed by atoms with Crippen LogP contribution in [0.1, 0.15) is 5.69 Å². The van der Waals surface area contributed by atoms with Crippen LogP contribution in [-0.2, 0) is 4.74 Å². The van der Waals surface area contributed by atoms with E-state index in [1.54, 1.807) is 0 Å². The molecule has 4 rings (SSSR count). The molecule has 6 nitrogen and oxygen atoms in total. The maximum absolute atomic E-state index is 5.41. The number of nitrogens with zero attached hydrogens (tertiary/aromatic N) is 3. The molecule has 0 aliphatic carbocycles. The molecule has 0 radical (unpaired) electrons. The van der Waals surface area contributed by atoms with Crippen molar-refractivity contribution in [2.24, 2.45) is 0 Å². The van der Waals surface area contributed by atoms with Gasteiger partial charge in [0.1, 0.15) is 5.82 Å². The number of hydrogen-bond acceptors (Lipinski definition) is 6. The topological polar surface area (TPSA) is 62.3 Å². The van der Waals surface area contributed by atoms with Gasteiger partial charge < -0.3 is 20.3 Å². The molecule has 138 valence electrons. The molecule has 0 unspecified atom stereocenters. The van der Waals surface area contributed by atoms with E-state index in [0.717, 1.165) is 49.2 Å². The summed E-state index contributed by atoms with van der Waals surface area (Å²) in [6, 6.07) is 20.3. The molecule has 0 saturated carbocycles. The number of rotatable bonds is 5. The zero-order valence-corrected chi connectivity index (χ0v) is 15.4. The zero-order chi connectivity index (χ0) is 18.5. The lowest BCUT2D eigenvalue weighted by Crippen LogP contribution is -2.36. The Morgan fingerprint density at radius 3 is 2.30 bits per heavy atom. The van der Waals surface area contributed by atoms with E-state index in [-0.39, 0.29) is 0 Å². The van der Waals surface area contributed by atoms with Crippen molar-refractivity contribution >= 4 is 28.8 Å². The van der Waals surface area contributed by atoms with Crippen LogP contribution in [0.5, 0.6) is 0 Å². The van der Waals surface area contributed by atoms with Crippen molar-refractivity contribution in [1.82, 2.24) is 9.97 Å². The maximum atomic E-state index is 5.41. The number of morpholine rings is 1. The average Bonchev–Trinajstić information content (AvgIpc) is 2.70. The summed E-state index contributed by atoms with van der Waals surface area (Å²) in [7, 11) is 0. The standard InChI is InChI=1S/C21H23N5O/c1-16-15-20(23-17-5-3-2-4-6-17)25-21(22-16)24-18-7-9-19(10-8-18)26-11-13-27-14-12-26/h2-10,15H,11-14H2,1H3,(H2,22,23,24,25). The lowest BCUT2D eigenvalue weighted by Gasteiger charge is -2.28. The number of benzene rings is 2. The van der Waals surface area contributed by atoms with Crippen molar-refractivity contribution in [3.05, 3.63) is 66.4 Å². The first kappa shape index (κ1) is 17.3. The summed E-state index contributed by atoms with van der Waals surface area (Å²) in [5, 5.41) is 6.61. The quantitative estimate of drug-likeness (QED) is 0.713. The van der Waals surface area contributed by atoms with Gasteiger partial charge in [-0.25, -0.2) is 4.98 Å². The van der Waals surface area contributed by atoms with E-state index in [9.17, 15) is 0 Å². The Hall–Kier alpha value is -3.12. The van der Waals surface area contributed by atoms with E-state index >= 15 is 0 Å². The highest BCUT2D eigenvalue weighted by molar-refractivity contribution is 5.62. The molecule has 0 atom stereocenters. The van der Waals surface area contributed by atoms with Crippen LogP contribution in [0.3, 0.4) is 0 Å². The number of para-hydroxylation sites is 1. The van der Waals surface area contributed by atoms with Crippen molar-refractivity contribution in [1.29, 1.82) is 0 Å². The highest BCUT2D eigenvalue weighted by Crippen LogP contribution is 2.22. The number of ether oxygens (including phenoxy) is 1. The van der Waals surface area contributed by atoms with Gasteiger partial charge in [-0.05, 0) is 43.3 Å². The van der Waals surface area contributed by atoms with Crippen LogP contribution < -0.4 is 15.5 Å². The third kappa shape index (κ3) is 4.54. The Balaban J connectivity index is 1.47. The van der Waals surface area contributed by atoms with Gasteiger partial charge in [0.2, 0.25) is 5.95 Å². The smallest absolute Gasteiger partial charge is 0.229 e. The summed E-state index contributed by atoms with van der Waals surface area (Å²) in [5.74, 6) is 1.34. The van der Waals surface area contributed by atoms with E-state index in [1.165, 1.54) is 5.69 Å². The Morgan fingerprint density at radius 2 is 1.56 bits per heavy atom. The minimum Gasteiger partial charge on any atom is -0.378 e. The fourth-order valence-electron chi connectivity index (χ4n) is 3.06. The molecule has 2 aromatic carbocycles. The monoisotopic (exact) mass is 361 g/mol. The number of hydrogen-bond donors (Lipinski definition) is 2. The van der Waals surface area contributed by atoms with Gasteiger partial charge in [0.15, 0.2) is 0 Å². The fourth-order valence-corrected chi connectivity index (χ4v) is 3.06. The normalized spacial score (nSPS) is 14.0. The summed E-state index contributed by atoms with van der Waals surface area (Å²) >= 11 is 0. The average molecular weight is 361 g/mol. The molecular formula is C21H23N5O. The molecule has 1 aromatic heterocycles. The lowest BCUT2D eigenvalue weighted by atomic mass is 10.2. The number of aromatic nitrogens is 2. The summed E-state index contributed by atoms with van der Waals surface area (Å²) in [4.78, 5) is 11.4. The van der Waals surface area contributed by atoms with Crippen LogP contribution in [0.25, 0.3) is 0 Å². The third-order valence-corrected chi connectivity index (χ3v) is 4.40. The third-order valence-electron chi connectivity index (χ3n) is 4.40. The summed E-state index contributed by atoms with van der Waals surface area (Å²) in [5.41, 5.74) is 4.07. The highest BCUT2D eigenvalue weighted by atomic mass is 16.5. The zero-order valence-electron chi connectivity index (χ0n) is 15.4. The van der Waals surface area contributed by atoms with Gasteiger partial charge in [0.25, 0.3) is 0 Å². The van der Waals surface area contributed by atoms with Crippen LogP contribution in [0, 0.1) is 6.92 Å². The molecule has 0 spiro atoms. The van der Waals surface area contributed by atoms with Gasteiger partial charge in [-0.1, -0.05) is 18.2 Å². The van der Waals surface area contributed by atoms with E-state index in [0.29, 0.717) is 5.95 Å². The molecule has 1 saturated heterocycles. The predicted octanol–water partition coefficient (Wildman–Crippen LogP) is 4.11. The molecule has 1 aliphatic rings. The van der Waals surface area contributed by atoms with Crippen LogP contribution in [-0.4, -0.2) is 36.3 Å². The van der Waals surface area contributed by atoms with Gasteiger partial charge in [0, 0.05) is 41.9 Å². The molecule has 0 bridgehead atoms. The van der Waals surface area contributed by atoms with Crippen molar-refractivity contribution in [3.8, 4) is 0 Å². The van der Waals surface area contributed by atoms with Crippen LogP contribution in [0.15, 0.2) is 60.7 Å². The molecule has 2 heterocycles. The largest absolute Gasteiger partial charge is 0.378 e.